The number of aromatic nitrogens is 1. The fraction of sp³-hybridized carbons (Fsp3) is 0.333. The van der Waals surface area contributed by atoms with Crippen molar-refractivity contribution >= 4 is 15.8 Å². The number of rotatable bonds is 5. The molecule has 1 aromatic heterocycles. The number of piperidine rings is 1. The molecule has 25 heavy (non-hydrogen) atoms. The zero-order valence-corrected chi connectivity index (χ0v) is 14.7. The Bertz CT molecular complexity index is 867. The van der Waals surface area contributed by atoms with Crippen molar-refractivity contribution in [3.63, 3.8) is 0 Å². The molecule has 7 heteroatoms. The summed E-state index contributed by atoms with van der Waals surface area (Å²) in [7, 11) is -3.40. The lowest BCUT2D eigenvalue weighted by atomic mass is 10.2. The largest absolute Gasteiger partial charge is 0.365 e. The van der Waals surface area contributed by atoms with E-state index in [1.807, 2.05) is 0 Å². The van der Waals surface area contributed by atoms with Gasteiger partial charge in [0.15, 0.2) is 0 Å². The molecule has 0 bridgehead atoms. The molecular formula is C18H20N4O2S. The van der Waals surface area contributed by atoms with Gasteiger partial charge in [0.05, 0.1) is 10.5 Å². The van der Waals surface area contributed by atoms with E-state index in [9.17, 15) is 8.42 Å². The molecule has 0 atom stereocenters. The van der Waals surface area contributed by atoms with Crippen LogP contribution in [0.25, 0.3) is 0 Å². The maximum absolute atomic E-state index is 12.6. The average molecular weight is 356 g/mol. The maximum atomic E-state index is 12.6. The van der Waals surface area contributed by atoms with Crippen LogP contribution in [0.4, 0.5) is 5.82 Å². The van der Waals surface area contributed by atoms with Gasteiger partial charge in [0.25, 0.3) is 0 Å². The Hall–Kier alpha value is -2.43. The highest BCUT2D eigenvalue weighted by Crippen LogP contribution is 2.21. The molecule has 2 aromatic rings. The zero-order valence-electron chi connectivity index (χ0n) is 13.9. The SMILES string of the molecule is N#Cc1cccnc1NCc1ccc(S(=O)(=O)N2CCCCC2)cc1. The second-order valence-corrected chi connectivity index (χ2v) is 7.91. The van der Waals surface area contributed by atoms with E-state index >= 15 is 0 Å². The van der Waals surface area contributed by atoms with Gasteiger partial charge in [-0.05, 0) is 42.7 Å². The molecule has 1 fully saturated rings. The molecule has 1 aromatic carbocycles. The second-order valence-electron chi connectivity index (χ2n) is 5.97. The van der Waals surface area contributed by atoms with Gasteiger partial charge in [-0.2, -0.15) is 9.57 Å². The van der Waals surface area contributed by atoms with Crippen LogP contribution in [0.15, 0.2) is 47.5 Å². The van der Waals surface area contributed by atoms with Crippen LogP contribution in [0.3, 0.4) is 0 Å². The quantitative estimate of drug-likeness (QED) is 0.890. The van der Waals surface area contributed by atoms with E-state index in [-0.39, 0.29) is 0 Å². The van der Waals surface area contributed by atoms with Crippen LogP contribution in [-0.2, 0) is 16.6 Å². The Morgan fingerprint density at radius 2 is 1.84 bits per heavy atom. The highest BCUT2D eigenvalue weighted by molar-refractivity contribution is 7.89. The van der Waals surface area contributed by atoms with Crippen molar-refractivity contribution in [2.45, 2.75) is 30.7 Å². The summed E-state index contributed by atoms with van der Waals surface area (Å²) in [5.41, 5.74) is 1.40. The van der Waals surface area contributed by atoms with Gasteiger partial charge >= 0.3 is 0 Å². The number of benzene rings is 1. The summed E-state index contributed by atoms with van der Waals surface area (Å²) >= 11 is 0. The van der Waals surface area contributed by atoms with E-state index in [0.29, 0.717) is 35.9 Å². The lowest BCUT2D eigenvalue weighted by molar-refractivity contribution is 0.346. The van der Waals surface area contributed by atoms with Crippen molar-refractivity contribution in [3.05, 3.63) is 53.7 Å². The van der Waals surface area contributed by atoms with E-state index in [1.165, 1.54) is 0 Å². The summed E-state index contributed by atoms with van der Waals surface area (Å²) in [6.07, 6.45) is 4.56. The molecule has 1 aliphatic rings. The molecule has 0 saturated carbocycles. The van der Waals surface area contributed by atoms with Gasteiger partial charge in [0, 0.05) is 25.8 Å². The van der Waals surface area contributed by atoms with Crippen LogP contribution in [0, 0.1) is 11.3 Å². The van der Waals surface area contributed by atoms with Crippen LogP contribution in [0.1, 0.15) is 30.4 Å². The minimum absolute atomic E-state index is 0.328. The number of hydrogen-bond donors (Lipinski definition) is 1. The summed E-state index contributed by atoms with van der Waals surface area (Å²) in [5.74, 6) is 0.523. The Morgan fingerprint density at radius 3 is 2.52 bits per heavy atom. The molecule has 0 unspecified atom stereocenters. The molecule has 2 heterocycles. The molecule has 0 aliphatic carbocycles. The first-order chi connectivity index (χ1) is 12.1. The fourth-order valence-corrected chi connectivity index (χ4v) is 4.37. The Labute approximate surface area is 148 Å². The van der Waals surface area contributed by atoms with Crippen molar-refractivity contribution in [2.75, 3.05) is 18.4 Å². The van der Waals surface area contributed by atoms with Crippen molar-refractivity contribution < 1.29 is 8.42 Å². The lowest BCUT2D eigenvalue weighted by Gasteiger charge is -2.25. The van der Waals surface area contributed by atoms with Gasteiger partial charge in [-0.3, -0.25) is 0 Å². The third-order valence-corrected chi connectivity index (χ3v) is 6.18. The molecule has 3 rings (SSSR count). The van der Waals surface area contributed by atoms with Crippen LogP contribution in [0.5, 0.6) is 0 Å². The standard InChI is InChI=1S/C18H20N4O2S/c19-13-16-5-4-10-20-18(16)21-14-15-6-8-17(9-7-15)25(23,24)22-11-2-1-3-12-22/h4-10H,1-3,11-12,14H2,(H,20,21). The van der Waals surface area contributed by atoms with E-state index in [0.717, 1.165) is 24.8 Å². The summed E-state index contributed by atoms with van der Waals surface area (Å²) in [5, 5.41) is 12.2. The number of hydrogen-bond acceptors (Lipinski definition) is 5. The Morgan fingerprint density at radius 1 is 1.12 bits per heavy atom. The lowest BCUT2D eigenvalue weighted by Crippen LogP contribution is -2.35. The van der Waals surface area contributed by atoms with E-state index in [2.05, 4.69) is 16.4 Å². The summed E-state index contributed by atoms with van der Waals surface area (Å²) in [6, 6.07) is 12.4. The summed E-state index contributed by atoms with van der Waals surface area (Å²) < 4.78 is 26.8. The first-order valence-corrected chi connectivity index (χ1v) is 9.73. The fourth-order valence-electron chi connectivity index (χ4n) is 2.86. The predicted molar refractivity (Wildman–Crippen MR) is 95.3 cm³/mol. The molecule has 1 N–H and O–H groups in total. The highest BCUT2D eigenvalue weighted by atomic mass is 32.2. The average Bonchev–Trinajstić information content (AvgIpc) is 2.67. The zero-order chi connectivity index (χ0) is 17.7. The summed E-state index contributed by atoms with van der Waals surface area (Å²) in [4.78, 5) is 4.47. The number of anilines is 1. The van der Waals surface area contributed by atoms with Gasteiger partial charge in [-0.15, -0.1) is 0 Å². The van der Waals surface area contributed by atoms with Gasteiger partial charge < -0.3 is 5.32 Å². The van der Waals surface area contributed by atoms with Crippen LogP contribution >= 0.6 is 0 Å². The van der Waals surface area contributed by atoms with E-state index in [1.54, 1.807) is 46.9 Å². The van der Waals surface area contributed by atoms with E-state index in [4.69, 9.17) is 5.26 Å². The molecule has 0 spiro atoms. The van der Waals surface area contributed by atoms with Gasteiger partial charge in [-0.1, -0.05) is 18.6 Å². The minimum Gasteiger partial charge on any atom is -0.365 e. The number of nitrogens with one attached hydrogen (secondary N) is 1. The second kappa shape index (κ2) is 7.64. The number of nitriles is 1. The molecule has 130 valence electrons. The molecule has 1 saturated heterocycles. The van der Waals surface area contributed by atoms with Crippen molar-refractivity contribution in [1.29, 1.82) is 5.26 Å². The van der Waals surface area contributed by atoms with Crippen molar-refractivity contribution in [2.24, 2.45) is 0 Å². The monoisotopic (exact) mass is 356 g/mol. The topological polar surface area (TPSA) is 86.1 Å². The normalized spacial score (nSPS) is 15.5. The molecule has 0 radical (unpaired) electrons. The van der Waals surface area contributed by atoms with E-state index < -0.39 is 10.0 Å². The number of nitrogens with zero attached hydrogens (tertiary/aromatic N) is 3. The predicted octanol–water partition coefficient (Wildman–Crippen LogP) is 2.74. The van der Waals surface area contributed by atoms with Gasteiger partial charge in [0.1, 0.15) is 11.9 Å². The van der Waals surface area contributed by atoms with Crippen molar-refractivity contribution in [3.8, 4) is 6.07 Å². The minimum atomic E-state index is -3.40. The summed E-state index contributed by atoms with van der Waals surface area (Å²) in [6.45, 7) is 1.67. The van der Waals surface area contributed by atoms with Crippen molar-refractivity contribution in [1.82, 2.24) is 9.29 Å². The third kappa shape index (κ3) is 3.98. The highest BCUT2D eigenvalue weighted by Gasteiger charge is 2.25. The smallest absolute Gasteiger partial charge is 0.243 e. The third-order valence-electron chi connectivity index (χ3n) is 4.26. The van der Waals surface area contributed by atoms with Crippen LogP contribution in [0.2, 0.25) is 0 Å². The first-order valence-electron chi connectivity index (χ1n) is 8.29. The molecule has 6 nitrogen and oxygen atoms in total. The maximum Gasteiger partial charge on any atom is 0.243 e. The Kier molecular flexibility index (Phi) is 5.31. The first kappa shape index (κ1) is 17.4. The molecule has 0 amide bonds. The number of sulfonamides is 1. The molecular weight excluding hydrogens is 336 g/mol. The van der Waals surface area contributed by atoms with Gasteiger partial charge in [-0.25, -0.2) is 13.4 Å². The number of pyridine rings is 1. The van der Waals surface area contributed by atoms with Crippen LogP contribution < -0.4 is 5.32 Å². The molecule has 1 aliphatic heterocycles. The Balaban J connectivity index is 1.69. The van der Waals surface area contributed by atoms with Crippen LogP contribution in [-0.4, -0.2) is 30.8 Å². The van der Waals surface area contributed by atoms with Gasteiger partial charge in [0.2, 0.25) is 10.0 Å².